The van der Waals surface area contributed by atoms with Gasteiger partial charge in [-0.2, -0.15) is 0 Å². The molecular formula is C21H19NO5S3. The molecule has 30 heavy (non-hydrogen) atoms. The fraction of sp³-hybridized carbons (Fsp3) is 0.190. The molecule has 0 saturated carbocycles. The van der Waals surface area contributed by atoms with Crippen LogP contribution >= 0.6 is 23.1 Å². The summed E-state index contributed by atoms with van der Waals surface area (Å²) in [5.41, 5.74) is 3.05. The molecule has 1 aliphatic rings. The summed E-state index contributed by atoms with van der Waals surface area (Å²) in [6, 6.07) is 16.0. The van der Waals surface area contributed by atoms with Crippen molar-refractivity contribution in [2.24, 2.45) is 0 Å². The molecule has 1 aromatic heterocycles. The van der Waals surface area contributed by atoms with E-state index in [2.05, 4.69) is 4.72 Å². The van der Waals surface area contributed by atoms with Crippen molar-refractivity contribution in [3.8, 4) is 5.75 Å². The molecule has 9 heteroatoms. The molecule has 6 nitrogen and oxygen atoms in total. The molecule has 3 aromatic rings. The molecule has 1 unspecified atom stereocenters. The number of hydrogen-bond acceptors (Lipinski definition) is 6. The predicted octanol–water partition coefficient (Wildman–Crippen LogP) is 4.14. The Labute approximate surface area is 183 Å². The summed E-state index contributed by atoms with van der Waals surface area (Å²) in [7, 11) is -3.51. The van der Waals surface area contributed by atoms with E-state index < -0.39 is 16.0 Å². The Morgan fingerprint density at radius 1 is 1.17 bits per heavy atom. The van der Waals surface area contributed by atoms with Gasteiger partial charge in [-0.1, -0.05) is 30.3 Å². The first-order valence-electron chi connectivity index (χ1n) is 9.18. The Bertz CT molecular complexity index is 1160. The number of carboxylic acid groups (broad SMARTS) is 1. The maximum absolute atomic E-state index is 12.3. The number of fused-ring (bicyclic) bond motifs is 2. The molecule has 1 aliphatic heterocycles. The standard InChI is InChI=1S/C21H19NO5S3/c23-21(24)14-7-8-18-17(12-14)20(16-5-2-1-4-15(16)13-27-18)29-11-9-22-30(25,26)19-6-3-10-28-19/h1-8,10,12,20,22H,9,11,13H2,(H,23,24). The highest BCUT2D eigenvalue weighted by atomic mass is 32.2. The van der Waals surface area contributed by atoms with E-state index >= 15 is 0 Å². The molecule has 156 valence electrons. The van der Waals surface area contributed by atoms with Crippen LogP contribution in [0.5, 0.6) is 5.75 Å². The van der Waals surface area contributed by atoms with Crippen molar-refractivity contribution in [1.82, 2.24) is 4.72 Å². The van der Waals surface area contributed by atoms with Crippen molar-refractivity contribution >= 4 is 39.1 Å². The second-order valence-corrected chi connectivity index (χ2v) is 10.8. The van der Waals surface area contributed by atoms with E-state index in [9.17, 15) is 18.3 Å². The number of aromatic carboxylic acids is 1. The molecule has 0 amide bonds. The molecule has 2 aromatic carbocycles. The zero-order valence-electron chi connectivity index (χ0n) is 15.8. The van der Waals surface area contributed by atoms with Gasteiger partial charge in [-0.25, -0.2) is 17.9 Å². The van der Waals surface area contributed by atoms with Crippen LogP contribution < -0.4 is 9.46 Å². The molecule has 0 spiro atoms. The lowest BCUT2D eigenvalue weighted by Gasteiger charge is -2.19. The number of thioether (sulfide) groups is 1. The van der Waals surface area contributed by atoms with Gasteiger partial charge < -0.3 is 9.84 Å². The van der Waals surface area contributed by atoms with Crippen LogP contribution in [0.2, 0.25) is 0 Å². The second-order valence-electron chi connectivity index (χ2n) is 6.63. The van der Waals surface area contributed by atoms with Gasteiger partial charge in [0, 0.05) is 17.9 Å². The largest absolute Gasteiger partial charge is 0.489 e. The summed E-state index contributed by atoms with van der Waals surface area (Å²) in [6.07, 6.45) is 0. The number of carbonyl (C=O) groups is 1. The minimum absolute atomic E-state index is 0.163. The Balaban J connectivity index is 1.57. The Hall–Kier alpha value is -2.33. The number of nitrogens with one attached hydrogen (secondary N) is 1. The van der Waals surface area contributed by atoms with Crippen molar-refractivity contribution in [2.45, 2.75) is 16.1 Å². The first kappa shape index (κ1) is 20.9. The van der Waals surface area contributed by atoms with Gasteiger partial charge in [-0.3, -0.25) is 0 Å². The molecule has 2 heterocycles. The van der Waals surface area contributed by atoms with Gasteiger partial charge in [-0.15, -0.1) is 23.1 Å². The molecule has 2 N–H and O–H groups in total. The van der Waals surface area contributed by atoms with Gasteiger partial charge in [-0.05, 0) is 40.8 Å². The average Bonchev–Trinajstić information content (AvgIpc) is 3.24. The number of thiophene rings is 1. The van der Waals surface area contributed by atoms with Crippen LogP contribution in [0.3, 0.4) is 0 Å². The normalized spacial score (nSPS) is 15.5. The smallest absolute Gasteiger partial charge is 0.335 e. The van der Waals surface area contributed by atoms with Crippen LogP contribution in [0.15, 0.2) is 64.2 Å². The summed E-state index contributed by atoms with van der Waals surface area (Å²) in [6.45, 7) is 0.663. The summed E-state index contributed by atoms with van der Waals surface area (Å²) >= 11 is 2.73. The number of rotatable bonds is 7. The van der Waals surface area contributed by atoms with Gasteiger partial charge in [0.2, 0.25) is 10.0 Å². The molecule has 0 radical (unpaired) electrons. The summed E-state index contributed by atoms with van der Waals surface area (Å²) < 4.78 is 33.5. The summed E-state index contributed by atoms with van der Waals surface area (Å²) in [4.78, 5) is 11.5. The highest BCUT2D eigenvalue weighted by Gasteiger charge is 2.26. The maximum Gasteiger partial charge on any atom is 0.335 e. The first-order chi connectivity index (χ1) is 14.5. The van der Waals surface area contributed by atoms with E-state index in [1.807, 2.05) is 24.3 Å². The van der Waals surface area contributed by atoms with Crippen molar-refractivity contribution in [2.75, 3.05) is 12.3 Å². The molecular weight excluding hydrogens is 442 g/mol. The van der Waals surface area contributed by atoms with Crippen LogP contribution in [-0.2, 0) is 16.6 Å². The van der Waals surface area contributed by atoms with Crippen molar-refractivity contribution in [3.05, 3.63) is 82.2 Å². The first-order valence-corrected chi connectivity index (χ1v) is 12.6. The van der Waals surface area contributed by atoms with Gasteiger partial charge in [0.1, 0.15) is 16.6 Å². The van der Waals surface area contributed by atoms with E-state index in [1.54, 1.807) is 41.4 Å². The topological polar surface area (TPSA) is 92.7 Å². The van der Waals surface area contributed by atoms with Crippen molar-refractivity contribution < 1.29 is 23.1 Å². The Morgan fingerprint density at radius 3 is 2.77 bits per heavy atom. The minimum Gasteiger partial charge on any atom is -0.489 e. The maximum atomic E-state index is 12.3. The van der Waals surface area contributed by atoms with Gasteiger partial charge in [0.05, 0.1) is 10.8 Å². The SMILES string of the molecule is O=C(O)c1ccc2c(c1)C(SCCNS(=O)(=O)c1cccs1)c1ccccc1CO2. The van der Waals surface area contributed by atoms with Gasteiger partial charge in [0.15, 0.2) is 0 Å². The third-order valence-electron chi connectivity index (χ3n) is 4.70. The fourth-order valence-corrected chi connectivity index (χ4v) is 6.71. The van der Waals surface area contributed by atoms with Crippen LogP contribution in [0.25, 0.3) is 0 Å². The van der Waals surface area contributed by atoms with E-state index in [0.29, 0.717) is 18.1 Å². The number of ether oxygens (including phenoxy) is 1. The highest BCUT2D eigenvalue weighted by molar-refractivity contribution is 7.99. The molecule has 0 bridgehead atoms. The van der Waals surface area contributed by atoms with Crippen LogP contribution in [0.4, 0.5) is 0 Å². The molecule has 0 saturated heterocycles. The van der Waals surface area contributed by atoms with Crippen molar-refractivity contribution in [1.29, 1.82) is 0 Å². The van der Waals surface area contributed by atoms with Crippen LogP contribution in [-0.4, -0.2) is 31.8 Å². The van der Waals surface area contributed by atoms with Gasteiger partial charge >= 0.3 is 5.97 Å². The van der Waals surface area contributed by atoms with E-state index in [-0.39, 0.29) is 21.6 Å². The zero-order chi connectivity index (χ0) is 21.1. The lowest BCUT2D eigenvalue weighted by atomic mass is 9.98. The number of sulfonamides is 1. The Kier molecular flexibility index (Phi) is 6.14. The van der Waals surface area contributed by atoms with E-state index in [4.69, 9.17) is 4.74 Å². The Morgan fingerprint density at radius 2 is 2.00 bits per heavy atom. The van der Waals surface area contributed by atoms with Crippen LogP contribution in [0.1, 0.15) is 32.3 Å². The molecule has 1 atom stereocenters. The average molecular weight is 462 g/mol. The fourth-order valence-electron chi connectivity index (χ4n) is 3.28. The molecule has 4 rings (SSSR count). The van der Waals surface area contributed by atoms with E-state index in [1.165, 1.54) is 17.4 Å². The number of carboxylic acids is 1. The number of benzene rings is 2. The predicted molar refractivity (Wildman–Crippen MR) is 118 cm³/mol. The van der Waals surface area contributed by atoms with Crippen LogP contribution in [0, 0.1) is 0 Å². The quantitative estimate of drug-likeness (QED) is 0.514. The summed E-state index contributed by atoms with van der Waals surface area (Å²) in [5, 5.41) is 11.0. The third kappa shape index (κ3) is 4.39. The van der Waals surface area contributed by atoms with E-state index in [0.717, 1.165) is 16.7 Å². The van der Waals surface area contributed by atoms with Crippen molar-refractivity contribution in [3.63, 3.8) is 0 Å². The third-order valence-corrected chi connectivity index (χ3v) is 8.84. The lowest BCUT2D eigenvalue weighted by Crippen LogP contribution is -2.25. The summed E-state index contributed by atoms with van der Waals surface area (Å²) in [5.74, 6) is 0.163. The highest BCUT2D eigenvalue weighted by Crippen LogP contribution is 2.44. The molecule has 0 fully saturated rings. The molecule has 0 aliphatic carbocycles. The zero-order valence-corrected chi connectivity index (χ0v) is 18.2. The number of hydrogen-bond donors (Lipinski definition) is 2. The monoisotopic (exact) mass is 461 g/mol. The second kappa shape index (κ2) is 8.81. The lowest BCUT2D eigenvalue weighted by molar-refractivity contribution is 0.0696. The van der Waals surface area contributed by atoms with Gasteiger partial charge in [0.25, 0.3) is 0 Å². The minimum atomic E-state index is -3.51.